The van der Waals surface area contributed by atoms with Gasteiger partial charge in [-0.1, -0.05) is 29.3 Å². The predicted molar refractivity (Wildman–Crippen MR) is 52.1 cm³/mol. The van der Waals surface area contributed by atoms with Gasteiger partial charge in [0.25, 0.3) is 5.56 Å². The quantitative estimate of drug-likeness (QED) is 0.772. The molecule has 72 valence electrons. The Morgan fingerprint density at radius 3 is 2.77 bits per heavy atom. The van der Waals surface area contributed by atoms with Crippen LogP contribution in [-0.2, 0) is 0 Å². The van der Waals surface area contributed by atoms with Gasteiger partial charge in [-0.3, -0.25) is 9.78 Å². The first-order chi connectivity index (χ1) is 6.15. The summed E-state index contributed by atoms with van der Waals surface area (Å²) in [5, 5.41) is 5.86. The molecule has 1 atom stereocenters. The molecular formula is C7H10BrN3O2. The summed E-state index contributed by atoms with van der Waals surface area (Å²) in [5.41, 5.74) is -0.689. The molecule has 13 heavy (non-hydrogen) atoms. The minimum absolute atomic E-state index is 0.0990. The van der Waals surface area contributed by atoms with Gasteiger partial charge in [-0.2, -0.15) is 5.10 Å². The number of hydrogen-bond acceptors (Lipinski definition) is 3. The number of halogens is 1. The molecule has 5 nitrogen and oxygen atoms in total. The lowest BCUT2D eigenvalue weighted by Gasteiger charge is -2.04. The van der Waals surface area contributed by atoms with Gasteiger partial charge in [0, 0.05) is 0 Å². The third kappa shape index (κ3) is 2.51. The smallest absolute Gasteiger partial charge is 0.271 e. The Morgan fingerprint density at radius 1 is 1.54 bits per heavy atom. The van der Waals surface area contributed by atoms with Crippen molar-refractivity contribution in [1.82, 2.24) is 15.2 Å². The number of alkyl halides is 1. The third-order valence-corrected chi connectivity index (χ3v) is 2.47. The molecule has 0 fully saturated rings. The molecule has 6 heteroatoms. The molecule has 0 radical (unpaired) electrons. The van der Waals surface area contributed by atoms with Crippen LogP contribution in [0.15, 0.2) is 9.59 Å². The molecule has 0 aliphatic carbocycles. The zero-order valence-corrected chi connectivity index (χ0v) is 8.72. The minimum atomic E-state index is -0.579. The first-order valence-electron chi connectivity index (χ1n) is 3.98. The second-order valence-corrected chi connectivity index (χ2v) is 3.75. The van der Waals surface area contributed by atoms with Crippen molar-refractivity contribution in [3.05, 3.63) is 26.5 Å². The monoisotopic (exact) mass is 247 g/mol. The van der Waals surface area contributed by atoms with Gasteiger partial charge in [-0.05, 0) is 6.42 Å². The Morgan fingerprint density at radius 2 is 2.23 bits per heavy atom. The Kier molecular flexibility index (Phi) is 3.41. The minimum Gasteiger partial charge on any atom is -0.271 e. The van der Waals surface area contributed by atoms with Crippen molar-refractivity contribution < 1.29 is 0 Å². The maximum Gasteiger partial charge on any atom is 0.342 e. The SMILES string of the molecule is CCCC(Br)c1n[nH]c(=O)[nH]c1=O. The van der Waals surface area contributed by atoms with E-state index < -0.39 is 11.2 Å². The van der Waals surface area contributed by atoms with Gasteiger partial charge in [0.2, 0.25) is 0 Å². The molecule has 1 unspecified atom stereocenters. The van der Waals surface area contributed by atoms with E-state index in [0.717, 1.165) is 12.8 Å². The first kappa shape index (κ1) is 10.2. The van der Waals surface area contributed by atoms with Crippen LogP contribution in [0.3, 0.4) is 0 Å². The number of aromatic nitrogens is 3. The van der Waals surface area contributed by atoms with Crippen molar-refractivity contribution in [1.29, 1.82) is 0 Å². The molecule has 0 aliphatic rings. The predicted octanol–water partition coefficient (Wildman–Crippen LogP) is 0.694. The molecule has 1 aromatic rings. The lowest BCUT2D eigenvalue weighted by atomic mass is 10.2. The fourth-order valence-electron chi connectivity index (χ4n) is 0.959. The highest BCUT2D eigenvalue weighted by Gasteiger charge is 2.12. The van der Waals surface area contributed by atoms with Gasteiger partial charge in [0.05, 0.1) is 4.83 Å². The Hall–Kier alpha value is -0.910. The van der Waals surface area contributed by atoms with Crippen molar-refractivity contribution in [3.8, 4) is 0 Å². The lowest BCUT2D eigenvalue weighted by Crippen LogP contribution is -2.27. The summed E-state index contributed by atoms with van der Waals surface area (Å²) in [6.07, 6.45) is 1.75. The molecule has 1 aromatic heterocycles. The zero-order chi connectivity index (χ0) is 9.84. The molecule has 1 rings (SSSR count). The van der Waals surface area contributed by atoms with Crippen molar-refractivity contribution >= 4 is 15.9 Å². The summed E-state index contributed by atoms with van der Waals surface area (Å²) in [6.45, 7) is 2.01. The lowest BCUT2D eigenvalue weighted by molar-refractivity contribution is 0.723. The highest BCUT2D eigenvalue weighted by atomic mass is 79.9. The Bertz CT molecular complexity index is 384. The highest BCUT2D eigenvalue weighted by molar-refractivity contribution is 9.09. The number of aromatic amines is 2. The van der Waals surface area contributed by atoms with E-state index in [4.69, 9.17) is 0 Å². The van der Waals surface area contributed by atoms with Crippen LogP contribution in [0.2, 0.25) is 0 Å². The van der Waals surface area contributed by atoms with E-state index in [1.54, 1.807) is 0 Å². The van der Waals surface area contributed by atoms with Gasteiger partial charge in [0.15, 0.2) is 0 Å². The number of nitrogens with zero attached hydrogens (tertiary/aromatic N) is 1. The molecule has 0 spiro atoms. The van der Waals surface area contributed by atoms with Crippen LogP contribution in [0.5, 0.6) is 0 Å². The normalized spacial score (nSPS) is 12.8. The van der Waals surface area contributed by atoms with Crippen LogP contribution >= 0.6 is 15.9 Å². The first-order valence-corrected chi connectivity index (χ1v) is 4.89. The largest absolute Gasteiger partial charge is 0.342 e. The fraction of sp³-hybridized carbons (Fsp3) is 0.571. The second kappa shape index (κ2) is 4.36. The summed E-state index contributed by atoms with van der Waals surface area (Å²) in [5.74, 6) is 0. The van der Waals surface area contributed by atoms with Crippen molar-refractivity contribution in [2.75, 3.05) is 0 Å². The van der Waals surface area contributed by atoms with Gasteiger partial charge in [0.1, 0.15) is 5.69 Å². The zero-order valence-electron chi connectivity index (χ0n) is 7.13. The van der Waals surface area contributed by atoms with Crippen molar-refractivity contribution in [2.24, 2.45) is 0 Å². The summed E-state index contributed by atoms with van der Waals surface area (Å²) >= 11 is 3.32. The summed E-state index contributed by atoms with van der Waals surface area (Å²) in [6, 6.07) is 0. The molecule has 0 saturated carbocycles. The molecule has 0 aromatic carbocycles. The van der Waals surface area contributed by atoms with Crippen LogP contribution < -0.4 is 11.2 Å². The van der Waals surface area contributed by atoms with Crippen LogP contribution in [0, 0.1) is 0 Å². The molecule has 0 amide bonds. The molecule has 1 heterocycles. The van der Waals surface area contributed by atoms with Crippen molar-refractivity contribution in [3.63, 3.8) is 0 Å². The standard InChI is InChI=1S/C7H10BrN3O2/c1-2-3-4(8)5-6(12)9-7(13)11-10-5/h4H,2-3H2,1H3,(H2,9,11,12,13). The van der Waals surface area contributed by atoms with Gasteiger partial charge in [-0.15, -0.1) is 0 Å². The summed E-state index contributed by atoms with van der Waals surface area (Å²) in [7, 11) is 0. The number of hydrogen-bond donors (Lipinski definition) is 2. The molecule has 2 N–H and O–H groups in total. The van der Waals surface area contributed by atoms with E-state index in [9.17, 15) is 9.59 Å². The molecule has 0 saturated heterocycles. The van der Waals surface area contributed by atoms with E-state index in [1.165, 1.54) is 0 Å². The van der Waals surface area contributed by atoms with Gasteiger partial charge >= 0.3 is 5.69 Å². The number of rotatable bonds is 3. The molecule has 0 bridgehead atoms. The summed E-state index contributed by atoms with van der Waals surface area (Å²) in [4.78, 5) is 23.8. The van der Waals surface area contributed by atoms with E-state index in [1.807, 2.05) is 6.92 Å². The molecule has 0 aliphatic heterocycles. The van der Waals surface area contributed by atoms with E-state index in [0.29, 0.717) is 5.69 Å². The van der Waals surface area contributed by atoms with Crippen LogP contribution in [0.1, 0.15) is 30.3 Å². The maximum atomic E-state index is 11.2. The Balaban J connectivity index is 3.02. The van der Waals surface area contributed by atoms with Gasteiger partial charge in [-0.25, -0.2) is 9.89 Å². The van der Waals surface area contributed by atoms with Crippen molar-refractivity contribution in [2.45, 2.75) is 24.6 Å². The van der Waals surface area contributed by atoms with E-state index in [2.05, 4.69) is 31.1 Å². The van der Waals surface area contributed by atoms with Crippen LogP contribution in [0.25, 0.3) is 0 Å². The Labute approximate surface area is 82.7 Å². The maximum absolute atomic E-state index is 11.2. The fourth-order valence-corrected chi connectivity index (χ4v) is 1.73. The number of H-pyrrole nitrogens is 2. The van der Waals surface area contributed by atoms with E-state index >= 15 is 0 Å². The average Bonchev–Trinajstić information content (AvgIpc) is 2.04. The topological polar surface area (TPSA) is 78.6 Å². The second-order valence-electron chi connectivity index (χ2n) is 2.65. The highest BCUT2D eigenvalue weighted by Crippen LogP contribution is 2.22. The van der Waals surface area contributed by atoms with Crippen LogP contribution in [0.4, 0.5) is 0 Å². The molecular weight excluding hydrogens is 238 g/mol. The third-order valence-electron chi connectivity index (χ3n) is 1.58. The van der Waals surface area contributed by atoms with E-state index in [-0.39, 0.29) is 4.83 Å². The number of nitrogens with one attached hydrogen (secondary N) is 2. The summed E-state index contributed by atoms with van der Waals surface area (Å²) < 4.78 is 0. The van der Waals surface area contributed by atoms with Crippen LogP contribution in [-0.4, -0.2) is 15.2 Å². The van der Waals surface area contributed by atoms with Gasteiger partial charge < -0.3 is 0 Å². The average molecular weight is 248 g/mol.